The zero-order valence-corrected chi connectivity index (χ0v) is 14.6. The summed E-state index contributed by atoms with van der Waals surface area (Å²) in [6.45, 7) is 4.48. The van der Waals surface area contributed by atoms with Gasteiger partial charge in [0.25, 0.3) is 0 Å². The van der Waals surface area contributed by atoms with Gasteiger partial charge in [0.1, 0.15) is 5.82 Å². The number of pyridine rings is 1. The number of likely N-dealkylation sites (N-methyl/N-ethyl adjacent to an activating group) is 1. The number of amides is 1. The molecular formula is C18H22N4OS. The van der Waals surface area contributed by atoms with E-state index in [-0.39, 0.29) is 5.91 Å². The summed E-state index contributed by atoms with van der Waals surface area (Å²) in [5, 5.41) is 6.96. The molecular weight excluding hydrogens is 320 g/mol. The fourth-order valence-electron chi connectivity index (χ4n) is 2.65. The Bertz CT molecular complexity index is 691. The van der Waals surface area contributed by atoms with Crippen molar-refractivity contribution >= 4 is 29.1 Å². The van der Waals surface area contributed by atoms with Crippen LogP contribution in [0.25, 0.3) is 6.08 Å². The predicted molar refractivity (Wildman–Crippen MR) is 99.1 cm³/mol. The van der Waals surface area contributed by atoms with Crippen LogP contribution in [0, 0.1) is 0 Å². The molecule has 24 heavy (non-hydrogen) atoms. The van der Waals surface area contributed by atoms with Crippen LogP contribution in [0.1, 0.15) is 11.1 Å². The number of piperazine rings is 1. The molecule has 0 spiro atoms. The Hall–Kier alpha value is -2.18. The SMILES string of the molecule is CN1CCN(c2ncccc2CNC(=O)/C=C/c2ccsc2)CC1. The fraction of sp³-hybridized carbons (Fsp3) is 0.333. The normalized spacial score (nSPS) is 15.8. The standard InChI is InChI=1S/C18H22N4OS/c1-21-8-10-22(11-9-21)18-16(3-2-7-19-18)13-20-17(23)5-4-15-6-12-24-14-15/h2-7,12,14H,8-11,13H2,1H3,(H,20,23)/b5-4+. The summed E-state index contributed by atoms with van der Waals surface area (Å²) in [5.41, 5.74) is 2.11. The van der Waals surface area contributed by atoms with Crippen molar-refractivity contribution in [3.05, 3.63) is 52.4 Å². The van der Waals surface area contributed by atoms with Crippen molar-refractivity contribution in [2.45, 2.75) is 6.54 Å². The van der Waals surface area contributed by atoms with Gasteiger partial charge in [0.05, 0.1) is 0 Å². The molecule has 1 N–H and O–H groups in total. The molecule has 3 rings (SSSR count). The summed E-state index contributed by atoms with van der Waals surface area (Å²) in [6.07, 6.45) is 5.22. The Kier molecular flexibility index (Phi) is 5.61. The number of nitrogens with zero attached hydrogens (tertiary/aromatic N) is 3. The van der Waals surface area contributed by atoms with Crippen LogP contribution < -0.4 is 10.2 Å². The smallest absolute Gasteiger partial charge is 0.244 e. The van der Waals surface area contributed by atoms with E-state index >= 15 is 0 Å². The molecule has 6 heteroatoms. The highest BCUT2D eigenvalue weighted by molar-refractivity contribution is 7.08. The quantitative estimate of drug-likeness (QED) is 0.847. The maximum absolute atomic E-state index is 12.0. The van der Waals surface area contributed by atoms with Gasteiger partial charge in [0.2, 0.25) is 5.91 Å². The lowest BCUT2D eigenvalue weighted by molar-refractivity contribution is -0.116. The van der Waals surface area contributed by atoms with E-state index < -0.39 is 0 Å². The number of thiophene rings is 1. The molecule has 0 saturated carbocycles. The van der Waals surface area contributed by atoms with E-state index in [1.54, 1.807) is 17.4 Å². The van der Waals surface area contributed by atoms with Gasteiger partial charge in [-0.1, -0.05) is 6.07 Å². The van der Waals surface area contributed by atoms with Gasteiger partial charge in [-0.05, 0) is 41.6 Å². The number of hydrogen-bond donors (Lipinski definition) is 1. The van der Waals surface area contributed by atoms with Crippen LogP contribution in [-0.2, 0) is 11.3 Å². The Balaban J connectivity index is 1.60. The number of aromatic nitrogens is 1. The van der Waals surface area contributed by atoms with Gasteiger partial charge in [0, 0.05) is 50.6 Å². The predicted octanol–water partition coefficient (Wildman–Crippen LogP) is 2.22. The van der Waals surface area contributed by atoms with Gasteiger partial charge in [-0.3, -0.25) is 4.79 Å². The van der Waals surface area contributed by atoms with Gasteiger partial charge < -0.3 is 15.1 Å². The first-order chi connectivity index (χ1) is 11.7. The minimum Gasteiger partial charge on any atom is -0.354 e. The number of rotatable bonds is 5. The molecule has 1 aliphatic rings. The molecule has 0 radical (unpaired) electrons. The third-order valence-corrected chi connectivity index (χ3v) is 4.80. The molecule has 1 aliphatic heterocycles. The maximum atomic E-state index is 12.0. The average Bonchev–Trinajstić information content (AvgIpc) is 3.13. The molecule has 2 aromatic rings. The second kappa shape index (κ2) is 8.08. The van der Waals surface area contributed by atoms with Crippen molar-refractivity contribution in [2.75, 3.05) is 38.1 Å². The summed E-state index contributed by atoms with van der Waals surface area (Å²) in [5.74, 6) is 0.891. The number of nitrogens with one attached hydrogen (secondary N) is 1. The summed E-state index contributed by atoms with van der Waals surface area (Å²) in [6, 6.07) is 5.94. The van der Waals surface area contributed by atoms with E-state index in [2.05, 4.69) is 27.1 Å². The van der Waals surface area contributed by atoms with Crippen molar-refractivity contribution in [3.8, 4) is 0 Å². The van der Waals surface area contributed by atoms with Crippen LogP contribution in [0.3, 0.4) is 0 Å². The Morgan fingerprint density at radius 3 is 2.92 bits per heavy atom. The zero-order chi connectivity index (χ0) is 16.8. The zero-order valence-electron chi connectivity index (χ0n) is 13.8. The Morgan fingerprint density at radius 2 is 2.17 bits per heavy atom. The number of anilines is 1. The molecule has 0 unspecified atom stereocenters. The van der Waals surface area contributed by atoms with Gasteiger partial charge in [0.15, 0.2) is 0 Å². The molecule has 0 bridgehead atoms. The highest BCUT2D eigenvalue weighted by atomic mass is 32.1. The lowest BCUT2D eigenvalue weighted by atomic mass is 10.2. The largest absolute Gasteiger partial charge is 0.354 e. The number of carbonyl (C=O) groups is 1. The molecule has 3 heterocycles. The van der Waals surface area contributed by atoms with Crippen LogP contribution >= 0.6 is 11.3 Å². The molecule has 1 amide bonds. The minimum atomic E-state index is -0.0885. The van der Waals surface area contributed by atoms with E-state index in [4.69, 9.17) is 0 Å². The van der Waals surface area contributed by atoms with Crippen molar-refractivity contribution in [2.24, 2.45) is 0 Å². The molecule has 126 valence electrons. The lowest BCUT2D eigenvalue weighted by Crippen LogP contribution is -2.45. The third kappa shape index (κ3) is 4.43. The van der Waals surface area contributed by atoms with Gasteiger partial charge in [-0.25, -0.2) is 4.98 Å². The number of carbonyl (C=O) groups excluding carboxylic acids is 1. The summed E-state index contributed by atoms with van der Waals surface area (Å²) < 4.78 is 0. The first-order valence-electron chi connectivity index (χ1n) is 8.08. The molecule has 0 aromatic carbocycles. The molecule has 1 saturated heterocycles. The highest BCUT2D eigenvalue weighted by Crippen LogP contribution is 2.18. The van der Waals surface area contributed by atoms with Crippen LogP contribution in [0.5, 0.6) is 0 Å². The van der Waals surface area contributed by atoms with Gasteiger partial charge >= 0.3 is 0 Å². The molecule has 0 aliphatic carbocycles. The van der Waals surface area contributed by atoms with Crippen LogP contribution in [-0.4, -0.2) is 49.0 Å². The van der Waals surface area contributed by atoms with E-state index in [0.29, 0.717) is 6.54 Å². The highest BCUT2D eigenvalue weighted by Gasteiger charge is 2.17. The molecule has 0 atom stereocenters. The van der Waals surface area contributed by atoms with Gasteiger partial charge in [-0.15, -0.1) is 0 Å². The first kappa shape index (κ1) is 16.7. The fourth-order valence-corrected chi connectivity index (χ4v) is 3.28. The maximum Gasteiger partial charge on any atom is 0.244 e. The van der Waals surface area contributed by atoms with Crippen molar-refractivity contribution < 1.29 is 4.79 Å². The van der Waals surface area contributed by atoms with Crippen LogP contribution in [0.2, 0.25) is 0 Å². The van der Waals surface area contributed by atoms with Crippen molar-refractivity contribution in [1.82, 2.24) is 15.2 Å². The summed E-state index contributed by atoms with van der Waals surface area (Å²) in [7, 11) is 2.14. The second-order valence-electron chi connectivity index (χ2n) is 5.88. The van der Waals surface area contributed by atoms with Crippen molar-refractivity contribution in [3.63, 3.8) is 0 Å². The average molecular weight is 342 g/mol. The van der Waals surface area contributed by atoms with Crippen LogP contribution in [0.15, 0.2) is 41.2 Å². The molecule has 1 fully saturated rings. The summed E-state index contributed by atoms with van der Waals surface area (Å²) in [4.78, 5) is 21.1. The van der Waals surface area contributed by atoms with E-state index in [0.717, 1.165) is 43.1 Å². The lowest BCUT2D eigenvalue weighted by Gasteiger charge is -2.34. The topological polar surface area (TPSA) is 48.5 Å². The second-order valence-corrected chi connectivity index (χ2v) is 6.66. The Labute approximate surface area is 146 Å². The van der Waals surface area contributed by atoms with E-state index in [1.807, 2.05) is 41.2 Å². The number of hydrogen-bond acceptors (Lipinski definition) is 5. The minimum absolute atomic E-state index is 0.0885. The summed E-state index contributed by atoms with van der Waals surface area (Å²) >= 11 is 1.62. The van der Waals surface area contributed by atoms with Crippen LogP contribution in [0.4, 0.5) is 5.82 Å². The van der Waals surface area contributed by atoms with E-state index in [9.17, 15) is 4.79 Å². The monoisotopic (exact) mass is 342 g/mol. The van der Waals surface area contributed by atoms with E-state index in [1.165, 1.54) is 0 Å². The Morgan fingerprint density at radius 1 is 1.33 bits per heavy atom. The first-order valence-corrected chi connectivity index (χ1v) is 9.02. The van der Waals surface area contributed by atoms with Gasteiger partial charge in [-0.2, -0.15) is 11.3 Å². The van der Waals surface area contributed by atoms with Crippen molar-refractivity contribution in [1.29, 1.82) is 0 Å². The third-order valence-electron chi connectivity index (χ3n) is 4.09. The molecule has 5 nitrogen and oxygen atoms in total. The molecule has 2 aromatic heterocycles.